The molecule has 1 aliphatic carbocycles. The molecule has 1 aromatic heterocycles. The Hall–Kier alpha value is -3.48. The fraction of sp³-hybridized carbons (Fsp3) is 0. The topological polar surface area (TPSA) is 118 Å². The molecule has 0 amide bonds. The molecule has 1 aliphatic heterocycles. The molecule has 114 valence electrons. The molecule has 0 atom stereocenters. The van der Waals surface area contributed by atoms with Crippen molar-refractivity contribution in [2.24, 2.45) is 0 Å². The summed E-state index contributed by atoms with van der Waals surface area (Å²) in [5.41, 5.74) is 1.16. The van der Waals surface area contributed by atoms with Crippen LogP contribution in [0.4, 0.5) is 0 Å². The van der Waals surface area contributed by atoms with E-state index in [2.05, 4.69) is 4.98 Å². The summed E-state index contributed by atoms with van der Waals surface area (Å²) in [6.45, 7) is 0. The normalized spacial score (nSPS) is 11.3. The van der Waals surface area contributed by atoms with E-state index in [0.29, 0.717) is 16.7 Å². The molecule has 0 spiro atoms. The van der Waals surface area contributed by atoms with E-state index >= 15 is 0 Å². The summed E-state index contributed by atoms with van der Waals surface area (Å²) in [5.74, 6) is -1.48. The Morgan fingerprint density at radius 2 is 1.83 bits per heavy atom. The minimum atomic E-state index is -0.783. The lowest BCUT2D eigenvalue weighted by molar-refractivity contribution is -0.354. The number of rotatable bonds is 1. The monoisotopic (exact) mass is 312 g/mol. The second kappa shape index (κ2) is 4.51. The van der Waals surface area contributed by atoms with E-state index in [4.69, 9.17) is 8.83 Å². The molecule has 4 N–H and O–H groups in total. The van der Waals surface area contributed by atoms with E-state index in [1.54, 1.807) is 18.2 Å². The fourth-order valence-corrected chi connectivity index (χ4v) is 2.46. The third-order valence-electron chi connectivity index (χ3n) is 3.61. The summed E-state index contributed by atoms with van der Waals surface area (Å²) in [6.07, 6.45) is 1.43. The van der Waals surface area contributed by atoms with Gasteiger partial charge in [-0.2, -0.15) is 4.98 Å². The number of aromatic hydroxyl groups is 3. The largest absolute Gasteiger partial charge is 0.504 e. The number of nitrogens with one attached hydrogen (secondary N) is 1. The van der Waals surface area contributed by atoms with Crippen LogP contribution < -0.4 is 10.4 Å². The van der Waals surface area contributed by atoms with Crippen LogP contribution in [-0.4, -0.2) is 15.3 Å². The van der Waals surface area contributed by atoms with Gasteiger partial charge in [0.25, 0.3) is 0 Å². The van der Waals surface area contributed by atoms with E-state index in [0.717, 1.165) is 6.07 Å². The number of phenols is 2. The molecule has 0 fully saturated rings. The highest BCUT2D eigenvalue weighted by atomic mass is 16.4. The lowest BCUT2D eigenvalue weighted by atomic mass is 10.1. The van der Waals surface area contributed by atoms with Gasteiger partial charge in [0.15, 0.2) is 17.3 Å². The number of hydrogen-bond donors (Lipinski definition) is 3. The van der Waals surface area contributed by atoms with Crippen LogP contribution in [0.2, 0.25) is 0 Å². The number of aromatic nitrogens is 1. The molecule has 0 radical (unpaired) electrons. The quantitative estimate of drug-likeness (QED) is 0.463. The van der Waals surface area contributed by atoms with Crippen LogP contribution in [0.25, 0.3) is 33.7 Å². The third kappa shape index (κ3) is 1.90. The molecule has 0 saturated carbocycles. The number of H-pyrrole nitrogens is 1. The minimum Gasteiger partial charge on any atom is -0.504 e. The van der Waals surface area contributed by atoms with Gasteiger partial charge in [-0.1, -0.05) is 0 Å². The maximum Gasteiger partial charge on any atom is 0.333 e. The molecule has 0 bridgehead atoms. The summed E-state index contributed by atoms with van der Waals surface area (Å²) in [7, 11) is 0. The highest BCUT2D eigenvalue weighted by Crippen LogP contribution is 2.42. The van der Waals surface area contributed by atoms with Gasteiger partial charge < -0.3 is 24.2 Å². The Labute approximate surface area is 128 Å². The Morgan fingerprint density at radius 3 is 2.65 bits per heavy atom. The average Bonchev–Trinajstić information content (AvgIpc) is 3.01. The van der Waals surface area contributed by atoms with Crippen LogP contribution in [0.3, 0.4) is 0 Å². The average molecular weight is 312 g/mol. The smallest absolute Gasteiger partial charge is 0.333 e. The van der Waals surface area contributed by atoms with E-state index in [1.807, 2.05) is 0 Å². The van der Waals surface area contributed by atoms with Gasteiger partial charge in [-0.05, 0) is 18.2 Å². The van der Waals surface area contributed by atoms with Crippen molar-refractivity contribution >= 4 is 11.1 Å². The fourth-order valence-electron chi connectivity index (χ4n) is 2.46. The van der Waals surface area contributed by atoms with Crippen molar-refractivity contribution in [3.05, 3.63) is 46.9 Å². The lowest BCUT2D eigenvalue weighted by Crippen LogP contribution is -2.01. The molecule has 0 unspecified atom stereocenters. The van der Waals surface area contributed by atoms with Crippen LogP contribution >= 0.6 is 0 Å². The van der Waals surface area contributed by atoms with Gasteiger partial charge in [-0.15, -0.1) is 0 Å². The molecule has 23 heavy (non-hydrogen) atoms. The molecule has 2 aromatic rings. The molecule has 7 nitrogen and oxygen atoms in total. The lowest BCUT2D eigenvalue weighted by Gasteiger charge is -2.11. The van der Waals surface area contributed by atoms with Gasteiger partial charge in [0, 0.05) is 17.7 Å². The van der Waals surface area contributed by atoms with Crippen LogP contribution in [-0.2, 0) is 0 Å². The van der Waals surface area contributed by atoms with Crippen molar-refractivity contribution in [3.63, 3.8) is 0 Å². The molecule has 2 heterocycles. The zero-order valence-corrected chi connectivity index (χ0v) is 11.5. The van der Waals surface area contributed by atoms with Gasteiger partial charge in [-0.25, -0.2) is 0 Å². The molecule has 0 saturated heterocycles. The van der Waals surface area contributed by atoms with Crippen LogP contribution in [0.15, 0.2) is 50.4 Å². The Morgan fingerprint density at radius 1 is 1.00 bits per heavy atom. The van der Waals surface area contributed by atoms with Crippen LogP contribution in [0, 0.1) is 0 Å². The molecule has 4 rings (SSSR count). The predicted molar refractivity (Wildman–Crippen MR) is 78.4 cm³/mol. The first-order chi connectivity index (χ1) is 11.0. The van der Waals surface area contributed by atoms with Crippen LogP contribution in [0.1, 0.15) is 0 Å². The molecule has 1 aromatic carbocycles. The van der Waals surface area contributed by atoms with Crippen molar-refractivity contribution in [2.75, 3.05) is 0 Å². The van der Waals surface area contributed by atoms with E-state index in [9.17, 15) is 20.1 Å². The number of benzene rings is 2. The SMILES string of the molecule is O=c1cc2oc(-c3ccc4oc[nH+]c4c3)c(O)cc-2c(O)c1O. The molecular weight excluding hydrogens is 302 g/mol. The molecule has 2 aliphatic rings. The maximum atomic E-state index is 11.6. The van der Waals surface area contributed by atoms with Crippen molar-refractivity contribution in [1.82, 2.24) is 0 Å². The first-order valence-electron chi connectivity index (χ1n) is 6.65. The van der Waals surface area contributed by atoms with Gasteiger partial charge in [-0.3, -0.25) is 4.79 Å². The van der Waals surface area contributed by atoms with Gasteiger partial charge >= 0.3 is 6.39 Å². The number of phenolic OH excluding ortho intramolecular Hbond substituents is 2. The first kappa shape index (κ1) is 13.2. The van der Waals surface area contributed by atoms with Crippen LogP contribution in [0.5, 0.6) is 17.2 Å². The zero-order valence-electron chi connectivity index (χ0n) is 11.5. The number of hydrogen-bond acceptors (Lipinski definition) is 6. The van der Waals surface area contributed by atoms with Crippen molar-refractivity contribution in [2.45, 2.75) is 0 Å². The molecular formula is C16H10NO6+. The second-order valence-corrected chi connectivity index (χ2v) is 5.04. The summed E-state index contributed by atoms with van der Waals surface area (Å²) in [4.78, 5) is 14.5. The summed E-state index contributed by atoms with van der Waals surface area (Å²) >= 11 is 0. The van der Waals surface area contributed by atoms with E-state index in [1.165, 1.54) is 12.5 Å². The summed E-state index contributed by atoms with van der Waals surface area (Å²) in [6, 6.07) is 7.37. The van der Waals surface area contributed by atoms with Crippen molar-refractivity contribution < 1.29 is 29.1 Å². The van der Waals surface area contributed by atoms with Gasteiger partial charge in [0.05, 0.1) is 5.56 Å². The van der Waals surface area contributed by atoms with Gasteiger partial charge in [0.2, 0.25) is 22.3 Å². The standard InChI is InChI=1S/C16H9NO6/c18-10-5-13-8(14(20)15(10)21)4-11(19)16(23-13)7-1-2-12-9(3-7)17-6-22-12/h1-6,19-21H/p+1. The Balaban J connectivity index is 2.00. The number of oxazole rings is 1. The number of aromatic amines is 1. The van der Waals surface area contributed by atoms with Gasteiger partial charge in [0.1, 0.15) is 5.76 Å². The summed E-state index contributed by atoms with van der Waals surface area (Å²) in [5, 5.41) is 29.4. The maximum absolute atomic E-state index is 11.6. The predicted octanol–water partition coefficient (Wildman–Crippen LogP) is 2.09. The third-order valence-corrected chi connectivity index (χ3v) is 3.61. The highest BCUT2D eigenvalue weighted by Gasteiger charge is 2.21. The number of fused-ring (bicyclic) bond motifs is 2. The Bertz CT molecular complexity index is 1080. The Kier molecular flexibility index (Phi) is 2.59. The van der Waals surface area contributed by atoms with E-state index in [-0.39, 0.29) is 22.8 Å². The highest BCUT2D eigenvalue weighted by molar-refractivity contribution is 5.81. The zero-order chi connectivity index (χ0) is 16.1. The minimum absolute atomic E-state index is 0.0410. The van der Waals surface area contributed by atoms with Crippen molar-refractivity contribution in [1.29, 1.82) is 0 Å². The van der Waals surface area contributed by atoms with Crippen molar-refractivity contribution in [3.8, 4) is 39.9 Å². The summed E-state index contributed by atoms with van der Waals surface area (Å²) < 4.78 is 10.8. The second-order valence-electron chi connectivity index (χ2n) is 5.04. The van der Waals surface area contributed by atoms with E-state index < -0.39 is 16.9 Å². The first-order valence-corrected chi connectivity index (χ1v) is 6.65. The molecule has 7 heteroatoms.